The van der Waals surface area contributed by atoms with E-state index >= 15 is 26.3 Å². The normalized spacial score (nSPS) is 14.1. The summed E-state index contributed by atoms with van der Waals surface area (Å²) in [7, 11) is 0. The van der Waals surface area contributed by atoms with Gasteiger partial charge in [-0.3, -0.25) is 0 Å². The second-order valence-electron chi connectivity index (χ2n) is 12.5. The average Bonchev–Trinajstić information content (AvgIpc) is 3.98. The second-order valence-corrected chi connectivity index (χ2v) is 13.6. The first-order valence-electron chi connectivity index (χ1n) is 16.0. The minimum Gasteiger partial charge on any atom is -0.354 e. The molecule has 0 amide bonds. The van der Waals surface area contributed by atoms with Crippen LogP contribution in [0.5, 0.6) is 0 Å². The van der Waals surface area contributed by atoms with Crippen LogP contribution in [0, 0.1) is 3.57 Å². The monoisotopic (exact) mass is 906 g/mol. The van der Waals surface area contributed by atoms with Crippen LogP contribution in [0.15, 0.2) is 84.9 Å². The summed E-state index contributed by atoms with van der Waals surface area (Å²) >= 11 is 2.08. The summed E-state index contributed by atoms with van der Waals surface area (Å²) in [6.07, 6.45) is -4.20. The maximum absolute atomic E-state index is 16.4. The molecule has 0 atom stereocenters. The summed E-state index contributed by atoms with van der Waals surface area (Å²) in [5, 5.41) is 0. The van der Waals surface area contributed by atoms with Gasteiger partial charge in [-0.2, -0.15) is 57.1 Å². The van der Waals surface area contributed by atoms with Crippen molar-refractivity contribution in [2.45, 2.75) is 35.8 Å². The van der Waals surface area contributed by atoms with Crippen LogP contribution >= 0.6 is 22.6 Å². The van der Waals surface area contributed by atoms with Gasteiger partial charge in [0.05, 0.1) is 42.9 Å². The van der Waals surface area contributed by atoms with Gasteiger partial charge in [0.15, 0.2) is 0 Å². The predicted octanol–water partition coefficient (Wildman–Crippen LogP) is 12.8. The number of rotatable bonds is 7. The van der Waals surface area contributed by atoms with Gasteiger partial charge in [0.1, 0.15) is 0 Å². The van der Waals surface area contributed by atoms with Gasteiger partial charge in [0.2, 0.25) is 0 Å². The third kappa shape index (κ3) is 5.89. The molecular formula is C38H20F13IN4. The second kappa shape index (κ2) is 13.2. The van der Waals surface area contributed by atoms with Crippen LogP contribution in [-0.4, -0.2) is 49.8 Å². The van der Waals surface area contributed by atoms with Crippen LogP contribution in [0.3, 0.4) is 0 Å². The Morgan fingerprint density at radius 3 is 1.16 bits per heavy atom. The molecule has 0 radical (unpaired) electrons. The number of nitrogens with zero attached hydrogens (tertiary/aromatic N) is 2. The van der Waals surface area contributed by atoms with Crippen LogP contribution in [0.2, 0.25) is 0 Å². The zero-order valence-electron chi connectivity index (χ0n) is 27.6. The zero-order chi connectivity index (χ0) is 40.6. The fourth-order valence-corrected chi connectivity index (χ4v) is 6.87. The number of hydrogen-bond donors (Lipinski definition) is 2. The Labute approximate surface area is 320 Å². The van der Waals surface area contributed by atoms with Crippen molar-refractivity contribution in [2.24, 2.45) is 0 Å². The summed E-state index contributed by atoms with van der Waals surface area (Å²) < 4.78 is 190. The molecule has 0 saturated heterocycles. The lowest BCUT2D eigenvalue weighted by molar-refractivity contribution is -0.441. The summed E-state index contributed by atoms with van der Waals surface area (Å²) in [4.78, 5) is 14.4. The highest BCUT2D eigenvalue weighted by molar-refractivity contribution is 14.1. The molecule has 8 bridgehead atoms. The molecule has 18 heteroatoms. The molecule has 2 N–H and O–H groups in total. The number of fused-ring (bicyclic) bond motifs is 8. The number of benzene rings is 2. The van der Waals surface area contributed by atoms with Crippen molar-refractivity contribution in [1.29, 1.82) is 0 Å². The number of alkyl halides is 13. The van der Waals surface area contributed by atoms with E-state index in [0.717, 1.165) is 12.2 Å². The van der Waals surface area contributed by atoms with Gasteiger partial charge >= 0.3 is 35.8 Å². The minimum atomic E-state index is -8.09. The topological polar surface area (TPSA) is 57.4 Å². The third-order valence-corrected chi connectivity index (χ3v) is 10.2. The van der Waals surface area contributed by atoms with Gasteiger partial charge in [0.25, 0.3) is 0 Å². The highest BCUT2D eigenvalue weighted by Gasteiger charge is 2.91. The smallest absolute Gasteiger partial charge is 0.354 e. The largest absolute Gasteiger partial charge is 0.460 e. The molecule has 7 rings (SSSR count). The van der Waals surface area contributed by atoms with E-state index in [-0.39, 0.29) is 33.5 Å². The van der Waals surface area contributed by atoms with E-state index < -0.39 is 52.7 Å². The Morgan fingerprint density at radius 2 is 0.768 bits per heavy atom. The van der Waals surface area contributed by atoms with Crippen molar-refractivity contribution in [2.75, 3.05) is 0 Å². The number of H-pyrrole nitrogens is 2. The summed E-state index contributed by atoms with van der Waals surface area (Å²) in [6, 6.07) is 22.4. The molecule has 290 valence electrons. The van der Waals surface area contributed by atoms with Crippen molar-refractivity contribution in [3.8, 4) is 22.3 Å². The lowest BCUT2D eigenvalue weighted by Gasteiger charge is -2.40. The van der Waals surface area contributed by atoms with Crippen molar-refractivity contribution >= 4 is 69.0 Å². The van der Waals surface area contributed by atoms with E-state index in [2.05, 4.69) is 42.5 Å². The van der Waals surface area contributed by atoms with E-state index in [1.165, 1.54) is 0 Å². The fraction of sp³-hybridized carbons (Fsp3) is 0.158. The molecule has 4 nitrogen and oxygen atoms in total. The number of halogens is 14. The number of aromatic amines is 2. The van der Waals surface area contributed by atoms with Crippen LogP contribution in [0.4, 0.5) is 57.1 Å². The number of hydrogen-bond acceptors (Lipinski definition) is 2. The summed E-state index contributed by atoms with van der Waals surface area (Å²) in [6.45, 7) is 0. The molecule has 0 spiro atoms. The van der Waals surface area contributed by atoms with Crippen LogP contribution in [0.1, 0.15) is 28.3 Å². The Bertz CT molecular complexity index is 2440. The lowest BCUT2D eigenvalue weighted by Crippen LogP contribution is -2.69. The highest BCUT2D eigenvalue weighted by atomic mass is 127. The van der Waals surface area contributed by atoms with Crippen LogP contribution < -0.4 is 0 Å². The average molecular weight is 906 g/mol. The molecule has 2 aromatic carbocycles. The predicted molar refractivity (Wildman–Crippen MR) is 192 cm³/mol. The van der Waals surface area contributed by atoms with Gasteiger partial charge in [0, 0.05) is 22.2 Å². The van der Waals surface area contributed by atoms with Gasteiger partial charge in [-0.1, -0.05) is 60.7 Å². The number of nitrogens with one attached hydrogen (secondary N) is 2. The van der Waals surface area contributed by atoms with Crippen LogP contribution in [0.25, 0.3) is 68.6 Å². The molecule has 0 unspecified atom stereocenters. The molecule has 2 aliphatic heterocycles. The molecule has 5 heterocycles. The van der Waals surface area contributed by atoms with E-state index in [4.69, 9.17) is 0 Å². The van der Waals surface area contributed by atoms with E-state index in [1.54, 1.807) is 84.9 Å². The highest BCUT2D eigenvalue weighted by Crippen LogP contribution is 2.62. The SMILES string of the molecule is FC(F)(F)C(F)(F)C(F)(F)C(F)(F)C(F)(F)C(F)(F)c1c2nc(c(-c3ccccc3)c3ccc([nH]3)c(I)c3ccc([nH]3)c(-c3ccccc3)c3nc1C=C3)C=C2. The molecular weight excluding hydrogens is 886 g/mol. The van der Waals surface area contributed by atoms with Gasteiger partial charge in [-0.25, -0.2) is 9.97 Å². The Hall–Kier alpha value is -5.14. The van der Waals surface area contributed by atoms with Crippen molar-refractivity contribution in [3.63, 3.8) is 0 Å². The molecule has 0 aliphatic carbocycles. The molecule has 2 aliphatic rings. The van der Waals surface area contributed by atoms with E-state index in [0.29, 0.717) is 37.9 Å². The molecule has 5 aromatic rings. The van der Waals surface area contributed by atoms with E-state index in [1.807, 2.05) is 0 Å². The number of aromatic nitrogens is 4. The quantitative estimate of drug-likeness (QED) is 0.124. The fourth-order valence-electron chi connectivity index (χ4n) is 6.24. The lowest BCUT2D eigenvalue weighted by atomic mass is 9.89. The van der Waals surface area contributed by atoms with Crippen molar-refractivity contribution in [3.05, 3.63) is 117 Å². The maximum Gasteiger partial charge on any atom is 0.460 e. The van der Waals surface area contributed by atoms with Gasteiger partial charge < -0.3 is 9.97 Å². The Morgan fingerprint density at radius 1 is 0.411 bits per heavy atom. The molecule has 56 heavy (non-hydrogen) atoms. The van der Waals surface area contributed by atoms with Crippen molar-refractivity contribution < 1.29 is 57.1 Å². The van der Waals surface area contributed by atoms with Gasteiger partial charge in [-0.15, -0.1) is 0 Å². The summed E-state index contributed by atoms with van der Waals surface area (Å²) in [5.74, 6) is -38.3. The first-order chi connectivity index (χ1) is 26.1. The molecule has 0 saturated carbocycles. The zero-order valence-corrected chi connectivity index (χ0v) is 29.7. The molecule has 0 fully saturated rings. The first kappa shape index (κ1) is 39.1. The third-order valence-electron chi connectivity index (χ3n) is 9.06. The van der Waals surface area contributed by atoms with E-state index in [9.17, 15) is 30.7 Å². The standard InChI is InChI=1S/C38H20F13IN4/c39-33(40,34(41,42)35(43,44)36(45,46)37(47,48)38(49,50)51)31-25-15-11-21(53-25)29(19-7-3-1-4-8-19)23-13-17-27(55-23)32(52)28-18-14-24(56-28)30(20-9-5-2-6-10-20)22-12-16-26(31)54-22/h1-18,55-56H. The first-order valence-corrected chi connectivity index (χ1v) is 17.1. The minimum absolute atomic E-state index is 0.151. The maximum atomic E-state index is 16.4. The Kier molecular flexibility index (Phi) is 9.24. The van der Waals surface area contributed by atoms with Crippen molar-refractivity contribution in [1.82, 2.24) is 19.9 Å². The Balaban J connectivity index is 1.63. The molecule has 3 aromatic heterocycles. The van der Waals surface area contributed by atoms with Gasteiger partial charge in [-0.05, 0) is 82.3 Å². The van der Waals surface area contributed by atoms with Crippen LogP contribution in [-0.2, 0) is 5.92 Å². The summed E-state index contributed by atoms with van der Waals surface area (Å²) in [5.41, 5.74) is -2.58.